The van der Waals surface area contributed by atoms with Crippen molar-refractivity contribution in [3.05, 3.63) is 94.5 Å². The number of ether oxygens (including phenoxy) is 3. The van der Waals surface area contributed by atoms with Crippen molar-refractivity contribution in [3.8, 4) is 0 Å². The first-order valence-electron chi connectivity index (χ1n) is 10.7. The van der Waals surface area contributed by atoms with Gasteiger partial charge < -0.3 is 25.1 Å². The molecule has 0 bridgehead atoms. The van der Waals surface area contributed by atoms with Gasteiger partial charge in [0.15, 0.2) is 11.8 Å². The van der Waals surface area contributed by atoms with E-state index in [9.17, 15) is 18.7 Å². The molecule has 1 aromatic heterocycles. The van der Waals surface area contributed by atoms with Gasteiger partial charge >= 0.3 is 5.69 Å². The lowest BCUT2D eigenvalue weighted by atomic mass is 9.96. The largest absolute Gasteiger partial charge is 0.386 e. The summed E-state index contributed by atoms with van der Waals surface area (Å²) < 4.78 is 47.2. The van der Waals surface area contributed by atoms with E-state index in [2.05, 4.69) is 4.98 Å². The topological polar surface area (TPSA) is 109 Å². The van der Waals surface area contributed by atoms with Crippen molar-refractivity contribution < 1.29 is 28.1 Å². The minimum atomic E-state index is -3.10. The number of halogens is 2. The molecule has 2 heterocycles. The molecular formula is C24H25F2N3O5. The smallest absolute Gasteiger partial charge is 0.351 e. The summed E-state index contributed by atoms with van der Waals surface area (Å²) in [4.78, 5) is 16.0. The van der Waals surface area contributed by atoms with Gasteiger partial charge in [0.25, 0.3) is 6.43 Å². The van der Waals surface area contributed by atoms with Crippen molar-refractivity contribution in [3.63, 3.8) is 0 Å². The van der Waals surface area contributed by atoms with Gasteiger partial charge in [-0.2, -0.15) is 4.98 Å². The molecule has 0 radical (unpaired) electrons. The van der Waals surface area contributed by atoms with Crippen LogP contribution in [0.15, 0.2) is 77.7 Å². The van der Waals surface area contributed by atoms with Gasteiger partial charge in [0.2, 0.25) is 0 Å². The SMILES string of the molecule is Nc1ccn(C2OC(COCc3ccccc3)(C(F)F)C(OCc3ccccc3)C2O)c(=O)n1. The molecule has 4 rings (SSSR count). The third-order valence-corrected chi connectivity index (χ3v) is 5.63. The van der Waals surface area contributed by atoms with E-state index in [4.69, 9.17) is 19.9 Å². The fraction of sp³-hybridized carbons (Fsp3) is 0.333. The Morgan fingerprint density at radius 3 is 2.26 bits per heavy atom. The molecule has 10 heteroatoms. The molecule has 8 nitrogen and oxygen atoms in total. The van der Waals surface area contributed by atoms with E-state index in [0.29, 0.717) is 0 Å². The predicted molar refractivity (Wildman–Crippen MR) is 119 cm³/mol. The van der Waals surface area contributed by atoms with E-state index in [1.54, 1.807) is 48.5 Å². The van der Waals surface area contributed by atoms with E-state index >= 15 is 0 Å². The highest BCUT2D eigenvalue weighted by Gasteiger charge is 2.62. The third-order valence-electron chi connectivity index (χ3n) is 5.63. The summed E-state index contributed by atoms with van der Waals surface area (Å²) in [5.74, 6) is -0.0445. The third kappa shape index (κ3) is 5.00. The molecule has 1 aliphatic heterocycles. The van der Waals surface area contributed by atoms with Crippen LogP contribution in [0, 0.1) is 0 Å². The lowest BCUT2D eigenvalue weighted by Crippen LogP contribution is -2.53. The summed E-state index contributed by atoms with van der Waals surface area (Å²) in [6, 6.07) is 19.3. The van der Waals surface area contributed by atoms with Crippen LogP contribution in [0.25, 0.3) is 0 Å². The molecule has 0 saturated carbocycles. The van der Waals surface area contributed by atoms with Gasteiger partial charge in [-0.05, 0) is 17.2 Å². The Balaban J connectivity index is 1.62. The predicted octanol–water partition coefficient (Wildman–Crippen LogP) is 2.52. The average molecular weight is 473 g/mol. The summed E-state index contributed by atoms with van der Waals surface area (Å²) in [6.45, 7) is -0.585. The first-order chi connectivity index (χ1) is 16.4. The second kappa shape index (κ2) is 10.4. The summed E-state index contributed by atoms with van der Waals surface area (Å²) in [7, 11) is 0. The van der Waals surface area contributed by atoms with Gasteiger partial charge in [0, 0.05) is 6.20 Å². The number of hydrogen-bond donors (Lipinski definition) is 2. The Hall–Kier alpha value is -3.18. The molecule has 1 aliphatic rings. The van der Waals surface area contributed by atoms with Gasteiger partial charge in [0.1, 0.15) is 18.0 Å². The van der Waals surface area contributed by atoms with Gasteiger partial charge in [-0.25, -0.2) is 13.6 Å². The van der Waals surface area contributed by atoms with Crippen LogP contribution >= 0.6 is 0 Å². The van der Waals surface area contributed by atoms with E-state index in [1.807, 2.05) is 12.1 Å². The van der Waals surface area contributed by atoms with Gasteiger partial charge in [-0.1, -0.05) is 60.7 Å². The number of anilines is 1. The van der Waals surface area contributed by atoms with E-state index in [-0.39, 0.29) is 19.0 Å². The second-order valence-electron chi connectivity index (χ2n) is 7.99. The first kappa shape index (κ1) is 24.0. The molecule has 180 valence electrons. The molecule has 1 fully saturated rings. The molecule has 2 aromatic carbocycles. The molecule has 4 atom stereocenters. The van der Waals surface area contributed by atoms with E-state index in [0.717, 1.165) is 15.7 Å². The Labute approximate surface area is 194 Å². The Morgan fingerprint density at radius 2 is 1.68 bits per heavy atom. The number of aliphatic hydroxyl groups excluding tert-OH is 1. The number of aromatic nitrogens is 2. The molecule has 34 heavy (non-hydrogen) atoms. The second-order valence-corrected chi connectivity index (χ2v) is 7.99. The van der Waals surface area contributed by atoms with Crippen molar-refractivity contribution in [1.29, 1.82) is 0 Å². The zero-order valence-corrected chi connectivity index (χ0v) is 18.2. The average Bonchev–Trinajstić information content (AvgIpc) is 3.11. The minimum absolute atomic E-state index is 0.0445. The van der Waals surface area contributed by atoms with Crippen molar-refractivity contribution in [2.45, 2.75) is 43.7 Å². The van der Waals surface area contributed by atoms with Crippen LogP contribution in [0.3, 0.4) is 0 Å². The normalized spacial score (nSPS) is 24.5. The number of hydrogen-bond acceptors (Lipinski definition) is 7. The Bertz CT molecular complexity index is 1130. The van der Waals surface area contributed by atoms with Gasteiger partial charge in [0.05, 0.1) is 19.8 Å². The summed E-state index contributed by atoms with van der Waals surface area (Å²) >= 11 is 0. The maximum absolute atomic E-state index is 14.6. The fourth-order valence-corrected chi connectivity index (χ4v) is 3.90. The van der Waals surface area contributed by atoms with Crippen LogP contribution < -0.4 is 11.4 Å². The molecule has 1 saturated heterocycles. The molecular weight excluding hydrogens is 448 g/mol. The first-order valence-corrected chi connectivity index (χ1v) is 10.7. The summed E-state index contributed by atoms with van der Waals surface area (Å²) in [6.07, 6.45) is -6.45. The molecule has 0 spiro atoms. The zero-order valence-electron chi connectivity index (χ0n) is 18.2. The number of nitrogen functional groups attached to an aromatic ring is 1. The minimum Gasteiger partial charge on any atom is -0.386 e. The highest BCUT2D eigenvalue weighted by atomic mass is 19.3. The van der Waals surface area contributed by atoms with Crippen molar-refractivity contribution in [2.24, 2.45) is 0 Å². The van der Waals surface area contributed by atoms with Crippen LogP contribution in [-0.4, -0.2) is 45.5 Å². The zero-order chi connectivity index (χ0) is 24.1. The fourth-order valence-electron chi connectivity index (χ4n) is 3.90. The van der Waals surface area contributed by atoms with Crippen molar-refractivity contribution in [1.82, 2.24) is 9.55 Å². The van der Waals surface area contributed by atoms with Gasteiger partial charge in [-0.15, -0.1) is 0 Å². The van der Waals surface area contributed by atoms with Crippen LogP contribution in [-0.2, 0) is 27.4 Å². The van der Waals surface area contributed by atoms with Crippen LogP contribution in [0.1, 0.15) is 17.4 Å². The quantitative estimate of drug-likeness (QED) is 0.492. The molecule has 0 aliphatic carbocycles. The maximum Gasteiger partial charge on any atom is 0.351 e. The summed E-state index contributed by atoms with van der Waals surface area (Å²) in [5.41, 5.74) is 3.85. The molecule has 4 unspecified atom stereocenters. The number of alkyl halides is 2. The maximum atomic E-state index is 14.6. The lowest BCUT2D eigenvalue weighted by molar-refractivity contribution is -0.215. The number of aliphatic hydroxyl groups is 1. The van der Waals surface area contributed by atoms with E-state index in [1.165, 1.54) is 12.3 Å². The number of nitrogens with zero attached hydrogens (tertiary/aromatic N) is 2. The Kier molecular flexibility index (Phi) is 7.32. The highest BCUT2D eigenvalue weighted by Crippen LogP contribution is 2.43. The molecule has 0 amide bonds. The number of rotatable bonds is 9. The lowest BCUT2D eigenvalue weighted by Gasteiger charge is -2.33. The number of benzene rings is 2. The Morgan fingerprint density at radius 1 is 1.06 bits per heavy atom. The monoisotopic (exact) mass is 473 g/mol. The van der Waals surface area contributed by atoms with Crippen LogP contribution in [0.2, 0.25) is 0 Å². The van der Waals surface area contributed by atoms with Gasteiger partial charge in [-0.3, -0.25) is 4.57 Å². The molecule has 3 N–H and O–H groups in total. The van der Waals surface area contributed by atoms with Crippen LogP contribution in [0.5, 0.6) is 0 Å². The number of nitrogens with two attached hydrogens (primary N) is 1. The van der Waals surface area contributed by atoms with E-state index < -0.39 is 42.8 Å². The van der Waals surface area contributed by atoms with Crippen LogP contribution in [0.4, 0.5) is 14.6 Å². The molecule has 3 aromatic rings. The highest BCUT2D eigenvalue weighted by molar-refractivity contribution is 5.24. The summed E-state index contributed by atoms with van der Waals surface area (Å²) in [5, 5.41) is 11.0. The standard InChI is InChI=1S/C24H25F2N3O5/c25-22(26)24(15-32-13-16-7-3-1-4-8-16)20(33-14-17-9-5-2-6-10-17)19(30)21(34-24)29-12-11-18(27)28-23(29)31/h1-12,19-22,30H,13-15H2,(H2,27,28,31). The van der Waals surface area contributed by atoms with Crippen molar-refractivity contribution in [2.75, 3.05) is 12.3 Å². The van der Waals surface area contributed by atoms with Crippen molar-refractivity contribution >= 4 is 5.82 Å².